The second-order valence-corrected chi connectivity index (χ2v) is 8.34. The summed E-state index contributed by atoms with van der Waals surface area (Å²) in [5.74, 6) is 0.605. The molecule has 30 heavy (non-hydrogen) atoms. The first-order valence-corrected chi connectivity index (χ1v) is 9.91. The third-order valence-corrected chi connectivity index (χ3v) is 4.71. The van der Waals surface area contributed by atoms with Crippen molar-refractivity contribution in [2.24, 2.45) is 0 Å². The van der Waals surface area contributed by atoms with E-state index < -0.39 is 11.7 Å². The van der Waals surface area contributed by atoms with E-state index in [1.165, 1.54) is 0 Å². The molecule has 0 spiro atoms. The molecule has 0 radical (unpaired) electrons. The minimum atomic E-state index is -0.610. The van der Waals surface area contributed by atoms with Gasteiger partial charge in [-0.2, -0.15) is 5.26 Å². The van der Waals surface area contributed by atoms with Gasteiger partial charge in [0.2, 0.25) is 0 Å². The van der Waals surface area contributed by atoms with Crippen LogP contribution in [0, 0.1) is 16.7 Å². The first kappa shape index (κ1) is 21.3. The van der Waals surface area contributed by atoms with Gasteiger partial charge in [-0.15, -0.1) is 0 Å². The van der Waals surface area contributed by atoms with Crippen LogP contribution in [0.3, 0.4) is 0 Å². The minimum absolute atomic E-state index is 0.169. The van der Waals surface area contributed by atoms with Crippen molar-refractivity contribution < 1.29 is 14.3 Å². The number of nitrogens with zero attached hydrogens (tertiary/aromatic N) is 2. The van der Waals surface area contributed by atoms with Crippen molar-refractivity contribution in [1.82, 2.24) is 4.98 Å². The van der Waals surface area contributed by atoms with Crippen LogP contribution < -0.4 is 10.1 Å². The molecule has 0 fully saturated rings. The fraction of sp³-hybridized carbons (Fsp3) is 0.391. The average molecular weight is 406 g/mol. The molecule has 3 rings (SSSR count). The molecule has 1 atom stereocenters. The first-order chi connectivity index (χ1) is 14.2. The Bertz CT molecular complexity index is 1020. The second-order valence-electron chi connectivity index (χ2n) is 8.34. The number of anilines is 1. The highest BCUT2D eigenvalue weighted by Gasteiger charge is 2.24. The Labute approximate surface area is 176 Å². The molecule has 0 saturated carbocycles. The number of carbonyl (C=O) groups is 1. The van der Waals surface area contributed by atoms with Crippen molar-refractivity contribution in [2.75, 3.05) is 5.32 Å². The van der Waals surface area contributed by atoms with Gasteiger partial charge in [-0.3, -0.25) is 5.32 Å². The maximum absolute atomic E-state index is 12.1. The van der Waals surface area contributed by atoms with E-state index in [4.69, 9.17) is 20.1 Å². The number of amides is 1. The number of hydrogen-bond acceptors (Lipinski definition) is 6. The van der Waals surface area contributed by atoms with Crippen LogP contribution in [0.4, 0.5) is 10.5 Å². The quantitative estimate of drug-likeness (QED) is 0.683. The molecule has 1 heterocycles. The van der Waals surface area contributed by atoms with Crippen molar-refractivity contribution in [3.8, 4) is 11.8 Å². The van der Waals surface area contributed by atoms with E-state index in [0.29, 0.717) is 28.4 Å². The van der Waals surface area contributed by atoms with Crippen molar-refractivity contribution in [3.63, 3.8) is 0 Å². The van der Waals surface area contributed by atoms with E-state index >= 15 is 0 Å². The average Bonchev–Trinajstić information content (AvgIpc) is 2.67. The van der Waals surface area contributed by atoms with Crippen LogP contribution in [0.1, 0.15) is 69.0 Å². The van der Waals surface area contributed by atoms with Crippen LogP contribution in [0.25, 0.3) is 0 Å². The molecule has 0 bridgehead atoms. The number of hydrogen-bond donors (Lipinski definition) is 2. The fourth-order valence-electron chi connectivity index (χ4n) is 3.42. The zero-order chi connectivity index (χ0) is 21.9. The van der Waals surface area contributed by atoms with Gasteiger partial charge in [0.25, 0.3) is 0 Å². The number of ether oxygens (including phenoxy) is 2. The normalized spacial score (nSPS) is 15.5. The number of fused-ring (bicyclic) bond motifs is 1. The van der Waals surface area contributed by atoms with Crippen LogP contribution in [0.2, 0.25) is 0 Å². The summed E-state index contributed by atoms with van der Waals surface area (Å²) in [6.07, 6.45) is 3.69. The van der Waals surface area contributed by atoms with Crippen molar-refractivity contribution in [1.29, 1.82) is 10.7 Å². The highest BCUT2D eigenvalue weighted by molar-refractivity contribution is 6.04. The molecule has 2 N–H and O–H groups in total. The van der Waals surface area contributed by atoms with Gasteiger partial charge in [-0.25, -0.2) is 9.78 Å². The number of aryl methyl sites for hydroxylation is 1. The number of aromatic nitrogens is 1. The fourth-order valence-corrected chi connectivity index (χ4v) is 3.42. The van der Waals surface area contributed by atoms with Gasteiger partial charge in [-0.05, 0) is 76.8 Å². The summed E-state index contributed by atoms with van der Waals surface area (Å²) in [7, 11) is 0. The van der Waals surface area contributed by atoms with Gasteiger partial charge < -0.3 is 14.9 Å². The number of benzene rings is 1. The highest BCUT2D eigenvalue weighted by Crippen LogP contribution is 2.34. The van der Waals surface area contributed by atoms with Gasteiger partial charge >= 0.3 is 6.09 Å². The second kappa shape index (κ2) is 8.54. The zero-order valence-electron chi connectivity index (χ0n) is 17.7. The molecule has 156 valence electrons. The number of nitrogens with one attached hydrogen (secondary N) is 2. The lowest BCUT2D eigenvalue weighted by Gasteiger charge is -2.26. The summed E-state index contributed by atoms with van der Waals surface area (Å²) < 4.78 is 11.5. The van der Waals surface area contributed by atoms with Crippen LogP contribution in [-0.2, 0) is 11.2 Å². The Hall–Kier alpha value is -3.40. The Kier molecular flexibility index (Phi) is 6.06. The third kappa shape index (κ3) is 5.15. The molecule has 0 aliphatic heterocycles. The Morgan fingerprint density at radius 3 is 2.77 bits per heavy atom. The smallest absolute Gasteiger partial charge is 0.412 e. The van der Waals surface area contributed by atoms with Gasteiger partial charge in [0.1, 0.15) is 29.2 Å². The molecule has 2 aromatic rings. The highest BCUT2D eigenvalue weighted by atomic mass is 16.6. The lowest BCUT2D eigenvalue weighted by molar-refractivity contribution is 0.0636. The van der Waals surface area contributed by atoms with Crippen molar-refractivity contribution in [3.05, 3.63) is 52.8 Å². The summed E-state index contributed by atoms with van der Waals surface area (Å²) in [4.78, 5) is 16.3. The van der Waals surface area contributed by atoms with Crippen LogP contribution in [0.15, 0.2) is 30.5 Å². The lowest BCUT2D eigenvalue weighted by Crippen LogP contribution is -2.27. The largest absolute Gasteiger partial charge is 0.486 e. The van der Waals surface area contributed by atoms with E-state index in [2.05, 4.69) is 16.4 Å². The molecular weight excluding hydrogens is 380 g/mol. The summed E-state index contributed by atoms with van der Waals surface area (Å²) in [5.41, 5.74) is 3.24. The number of carbonyl (C=O) groups excluding carboxylic acids is 1. The van der Waals surface area contributed by atoms with Crippen LogP contribution in [0.5, 0.6) is 5.75 Å². The van der Waals surface area contributed by atoms with Crippen molar-refractivity contribution >= 4 is 17.5 Å². The molecule has 1 aromatic carbocycles. The van der Waals surface area contributed by atoms with E-state index in [1.807, 2.05) is 6.07 Å². The number of pyridine rings is 1. The maximum Gasteiger partial charge on any atom is 0.412 e. The molecule has 7 nitrogen and oxygen atoms in total. The minimum Gasteiger partial charge on any atom is -0.486 e. The Balaban J connectivity index is 1.82. The van der Waals surface area contributed by atoms with Gasteiger partial charge in [0.15, 0.2) is 0 Å². The molecule has 1 aliphatic rings. The number of nitriles is 1. The lowest BCUT2D eigenvalue weighted by atomic mass is 9.90. The molecular formula is C23H26N4O3. The Morgan fingerprint density at radius 2 is 2.10 bits per heavy atom. The maximum atomic E-state index is 12.1. The van der Waals surface area contributed by atoms with Gasteiger partial charge in [0.05, 0.1) is 5.69 Å². The Morgan fingerprint density at radius 1 is 1.33 bits per heavy atom. The number of rotatable bonds is 4. The predicted molar refractivity (Wildman–Crippen MR) is 114 cm³/mol. The topological polar surface area (TPSA) is 108 Å². The van der Waals surface area contributed by atoms with Crippen LogP contribution in [-0.4, -0.2) is 22.4 Å². The van der Waals surface area contributed by atoms with Gasteiger partial charge in [-0.1, -0.05) is 0 Å². The van der Waals surface area contributed by atoms with E-state index in [1.54, 1.807) is 52.1 Å². The summed E-state index contributed by atoms with van der Waals surface area (Å²) in [6.45, 7) is 7.04. The molecule has 1 aromatic heterocycles. The van der Waals surface area contributed by atoms with Crippen molar-refractivity contribution in [2.45, 2.75) is 58.7 Å². The monoisotopic (exact) mass is 406 g/mol. The third-order valence-electron chi connectivity index (χ3n) is 4.71. The molecule has 7 heteroatoms. The van der Waals surface area contributed by atoms with E-state index in [9.17, 15) is 4.79 Å². The molecule has 0 saturated heterocycles. The summed E-state index contributed by atoms with van der Waals surface area (Å²) >= 11 is 0. The zero-order valence-corrected chi connectivity index (χ0v) is 17.7. The molecule has 1 unspecified atom stereocenters. The van der Waals surface area contributed by atoms with E-state index in [-0.39, 0.29) is 6.10 Å². The molecule has 1 aliphatic carbocycles. The first-order valence-electron chi connectivity index (χ1n) is 9.91. The van der Waals surface area contributed by atoms with Crippen LogP contribution >= 0.6 is 0 Å². The SMILES string of the molecule is CC(=N)c1cc(OC2CCCc3cc(C#N)ncc32)ccc1NC(=O)OC(C)(C)C. The standard InChI is InChI=1S/C23H26N4O3/c1-14(25)18-11-17(8-9-20(18)27-22(28)30-23(2,3)4)29-21-7-5-6-15-10-16(12-24)26-13-19(15)21/h8-11,13,21,25H,5-7H2,1-4H3,(H,27,28). The predicted octanol–water partition coefficient (Wildman–Crippen LogP) is 5.14. The summed E-state index contributed by atoms with van der Waals surface area (Å²) in [6, 6.07) is 9.14. The summed E-state index contributed by atoms with van der Waals surface area (Å²) in [5, 5.41) is 19.9. The molecule has 1 amide bonds. The van der Waals surface area contributed by atoms with Gasteiger partial charge in [0, 0.05) is 23.0 Å². The van der Waals surface area contributed by atoms with E-state index in [0.717, 1.165) is 30.4 Å².